The van der Waals surface area contributed by atoms with Gasteiger partial charge in [0, 0.05) is 36.3 Å². The van der Waals surface area contributed by atoms with Gasteiger partial charge in [0.1, 0.15) is 12.3 Å². The summed E-state index contributed by atoms with van der Waals surface area (Å²) in [7, 11) is 1.51. The molecule has 1 aromatic carbocycles. The Kier molecular flexibility index (Phi) is 5.55. The highest BCUT2D eigenvalue weighted by atomic mass is 16.5. The van der Waals surface area contributed by atoms with E-state index in [-0.39, 0.29) is 24.6 Å². The number of hydrogen-bond acceptors (Lipinski definition) is 4. The number of carbonyl (C=O) groups excluding carboxylic acids is 2. The Morgan fingerprint density at radius 3 is 2.77 bits per heavy atom. The second-order valence-electron chi connectivity index (χ2n) is 6.71. The van der Waals surface area contributed by atoms with Gasteiger partial charge in [0.15, 0.2) is 0 Å². The van der Waals surface area contributed by atoms with Crippen LogP contribution in [0.4, 0.5) is 4.79 Å². The number of hydrogen-bond donors (Lipinski definition) is 2. The number of nitrogens with zero attached hydrogens (tertiary/aromatic N) is 2. The van der Waals surface area contributed by atoms with Gasteiger partial charge < -0.3 is 20.7 Å². The highest BCUT2D eigenvalue weighted by Gasteiger charge is 2.24. The Morgan fingerprint density at radius 2 is 2.04 bits per heavy atom. The van der Waals surface area contributed by atoms with E-state index in [0.717, 1.165) is 42.2 Å². The van der Waals surface area contributed by atoms with Crippen LogP contribution < -0.4 is 15.8 Å². The number of nitrogens with one attached hydrogen (secondary N) is 1. The summed E-state index contributed by atoms with van der Waals surface area (Å²) in [5, 5.41) is 5.09. The molecular formula is C19H24N4O3. The van der Waals surface area contributed by atoms with Gasteiger partial charge in [0.05, 0.1) is 6.10 Å². The van der Waals surface area contributed by atoms with E-state index >= 15 is 0 Å². The molecule has 0 spiro atoms. The molecular weight excluding hydrogens is 332 g/mol. The van der Waals surface area contributed by atoms with E-state index in [1.807, 2.05) is 30.5 Å². The number of carbonyl (C=O) groups is 2. The predicted molar refractivity (Wildman–Crippen MR) is 98.8 cm³/mol. The van der Waals surface area contributed by atoms with Crippen LogP contribution >= 0.6 is 0 Å². The quantitative estimate of drug-likeness (QED) is 0.857. The van der Waals surface area contributed by atoms with Gasteiger partial charge in [-0.05, 0) is 37.8 Å². The lowest BCUT2D eigenvalue weighted by molar-refractivity contribution is -0.122. The maximum atomic E-state index is 11.9. The molecule has 3 N–H and O–H groups in total. The maximum Gasteiger partial charge on any atom is 0.314 e. The third-order valence-corrected chi connectivity index (χ3v) is 4.73. The van der Waals surface area contributed by atoms with Crippen molar-refractivity contribution in [1.29, 1.82) is 0 Å². The molecule has 7 heteroatoms. The minimum absolute atomic E-state index is 0.0181. The molecule has 0 aliphatic heterocycles. The van der Waals surface area contributed by atoms with Crippen LogP contribution in [-0.4, -0.2) is 47.6 Å². The van der Waals surface area contributed by atoms with Gasteiger partial charge in [-0.15, -0.1) is 0 Å². The third kappa shape index (κ3) is 4.41. The lowest BCUT2D eigenvalue weighted by atomic mass is 9.93. The molecule has 138 valence electrons. The number of rotatable bonds is 5. The lowest BCUT2D eigenvalue weighted by Gasteiger charge is -2.30. The number of aromatic nitrogens is 1. The Morgan fingerprint density at radius 1 is 1.27 bits per heavy atom. The molecule has 7 nitrogen and oxygen atoms in total. The summed E-state index contributed by atoms with van der Waals surface area (Å²) in [4.78, 5) is 28.3. The molecule has 1 aromatic heterocycles. The van der Waals surface area contributed by atoms with Crippen LogP contribution in [0, 0.1) is 0 Å². The van der Waals surface area contributed by atoms with Crippen LogP contribution in [0.5, 0.6) is 5.75 Å². The summed E-state index contributed by atoms with van der Waals surface area (Å²) >= 11 is 0. The first-order chi connectivity index (χ1) is 12.5. The average Bonchev–Trinajstić information content (AvgIpc) is 2.63. The molecule has 1 aliphatic carbocycles. The molecule has 0 saturated heterocycles. The maximum absolute atomic E-state index is 11.9. The molecule has 3 rings (SSSR count). The van der Waals surface area contributed by atoms with E-state index in [0.29, 0.717) is 0 Å². The van der Waals surface area contributed by atoms with Crippen LogP contribution in [-0.2, 0) is 4.79 Å². The van der Waals surface area contributed by atoms with Crippen LogP contribution in [0.15, 0.2) is 36.7 Å². The van der Waals surface area contributed by atoms with Gasteiger partial charge in [-0.2, -0.15) is 0 Å². The zero-order valence-corrected chi connectivity index (χ0v) is 14.9. The fourth-order valence-corrected chi connectivity index (χ4v) is 3.27. The fourth-order valence-electron chi connectivity index (χ4n) is 3.27. The molecule has 0 atom stereocenters. The minimum atomic E-state index is -0.609. The van der Waals surface area contributed by atoms with Crippen molar-refractivity contribution >= 4 is 22.7 Å². The van der Waals surface area contributed by atoms with Crippen LogP contribution in [0.3, 0.4) is 0 Å². The smallest absolute Gasteiger partial charge is 0.314 e. The van der Waals surface area contributed by atoms with Crippen molar-refractivity contribution in [2.45, 2.75) is 37.8 Å². The summed E-state index contributed by atoms with van der Waals surface area (Å²) in [6, 6.07) is 7.44. The number of benzene rings is 1. The van der Waals surface area contributed by atoms with Crippen molar-refractivity contribution in [1.82, 2.24) is 15.2 Å². The summed E-state index contributed by atoms with van der Waals surface area (Å²) < 4.78 is 6.21. The Hall–Kier alpha value is -2.83. The monoisotopic (exact) mass is 356 g/mol. The summed E-state index contributed by atoms with van der Waals surface area (Å²) in [5.74, 6) is 0.692. The highest BCUT2D eigenvalue weighted by molar-refractivity contribution is 5.87. The fraction of sp³-hybridized carbons (Fsp3) is 0.421. The number of urea groups is 1. The van der Waals surface area contributed by atoms with E-state index in [1.54, 1.807) is 6.20 Å². The number of pyridine rings is 1. The summed E-state index contributed by atoms with van der Waals surface area (Å²) in [5.41, 5.74) is 5.13. The van der Waals surface area contributed by atoms with Gasteiger partial charge in [-0.3, -0.25) is 9.78 Å². The van der Waals surface area contributed by atoms with Crippen molar-refractivity contribution in [3.8, 4) is 5.75 Å². The molecule has 2 aromatic rings. The van der Waals surface area contributed by atoms with Crippen molar-refractivity contribution in [2.75, 3.05) is 13.6 Å². The largest absolute Gasteiger partial charge is 0.490 e. The van der Waals surface area contributed by atoms with Gasteiger partial charge in [-0.1, -0.05) is 12.1 Å². The second-order valence-corrected chi connectivity index (χ2v) is 6.71. The number of fused-ring (bicyclic) bond motifs is 1. The van der Waals surface area contributed by atoms with Crippen molar-refractivity contribution in [3.05, 3.63) is 36.7 Å². The summed E-state index contributed by atoms with van der Waals surface area (Å²) in [6.45, 7) is -0.0181. The third-order valence-electron chi connectivity index (χ3n) is 4.73. The number of amides is 3. The Balaban J connectivity index is 1.51. The van der Waals surface area contributed by atoms with E-state index in [9.17, 15) is 9.59 Å². The molecule has 0 bridgehead atoms. The molecule has 1 fully saturated rings. The zero-order valence-electron chi connectivity index (χ0n) is 14.9. The van der Waals surface area contributed by atoms with Gasteiger partial charge in [-0.25, -0.2) is 4.79 Å². The molecule has 1 heterocycles. The molecule has 3 amide bonds. The van der Waals surface area contributed by atoms with Crippen molar-refractivity contribution < 1.29 is 14.3 Å². The van der Waals surface area contributed by atoms with Gasteiger partial charge in [0.25, 0.3) is 0 Å². The molecule has 1 saturated carbocycles. The van der Waals surface area contributed by atoms with Gasteiger partial charge >= 0.3 is 6.03 Å². The van der Waals surface area contributed by atoms with Crippen LogP contribution in [0.2, 0.25) is 0 Å². The molecule has 0 radical (unpaired) electrons. The molecule has 1 aliphatic rings. The van der Waals surface area contributed by atoms with Crippen molar-refractivity contribution in [3.63, 3.8) is 0 Å². The predicted octanol–water partition coefficient (Wildman–Crippen LogP) is 2.05. The molecule has 0 unspecified atom stereocenters. The first-order valence-electron chi connectivity index (χ1n) is 8.82. The Bertz CT molecular complexity index is 782. The first-order valence-corrected chi connectivity index (χ1v) is 8.82. The van der Waals surface area contributed by atoms with E-state index in [4.69, 9.17) is 10.5 Å². The topological polar surface area (TPSA) is 97.6 Å². The second kappa shape index (κ2) is 8.03. The van der Waals surface area contributed by atoms with Gasteiger partial charge in [0.2, 0.25) is 5.91 Å². The van der Waals surface area contributed by atoms with Crippen LogP contribution in [0.25, 0.3) is 10.8 Å². The average molecular weight is 356 g/mol. The zero-order chi connectivity index (χ0) is 18.5. The normalized spacial score (nSPS) is 19.7. The standard InChI is InChI=1S/C19H24N4O3/c1-23(19(20)25)12-18(24)22-14-5-7-15(8-6-14)26-17-4-2-3-13-11-21-10-9-16(13)17/h2-4,9-11,14-15H,5-8,12H2,1H3,(H2,20,25)(H,22,24). The lowest BCUT2D eigenvalue weighted by Crippen LogP contribution is -2.45. The van der Waals surface area contributed by atoms with E-state index in [1.165, 1.54) is 11.9 Å². The van der Waals surface area contributed by atoms with E-state index < -0.39 is 6.03 Å². The minimum Gasteiger partial charge on any atom is -0.490 e. The highest BCUT2D eigenvalue weighted by Crippen LogP contribution is 2.29. The first kappa shape index (κ1) is 18.0. The number of likely N-dealkylation sites (N-methyl/N-ethyl adjacent to an activating group) is 1. The SMILES string of the molecule is CN(CC(=O)NC1CCC(Oc2cccc3cnccc23)CC1)C(N)=O. The number of primary amides is 1. The summed E-state index contributed by atoms with van der Waals surface area (Å²) in [6.07, 6.45) is 7.18. The van der Waals surface area contributed by atoms with E-state index in [2.05, 4.69) is 10.3 Å². The molecule has 26 heavy (non-hydrogen) atoms. The van der Waals surface area contributed by atoms with Crippen LogP contribution in [0.1, 0.15) is 25.7 Å². The van der Waals surface area contributed by atoms with Crippen molar-refractivity contribution in [2.24, 2.45) is 5.73 Å². The number of ether oxygens (including phenoxy) is 1. The Labute approximate surface area is 152 Å². The number of nitrogens with two attached hydrogens (primary N) is 1.